The number of halogens is 1. The van der Waals surface area contributed by atoms with Crippen molar-refractivity contribution in [2.45, 2.75) is 38.3 Å². The third-order valence-corrected chi connectivity index (χ3v) is 6.10. The molecule has 5 rings (SSSR count). The number of aromatic amines is 1. The lowest BCUT2D eigenvalue weighted by Crippen LogP contribution is -2.39. The minimum Gasteiger partial charge on any atom is -0.361 e. The van der Waals surface area contributed by atoms with Gasteiger partial charge in [0.25, 0.3) is 5.91 Å². The average Bonchev–Trinajstić information content (AvgIpc) is 3.11. The van der Waals surface area contributed by atoms with Crippen LogP contribution in [0.2, 0.25) is 5.02 Å². The van der Waals surface area contributed by atoms with Crippen molar-refractivity contribution in [1.82, 2.24) is 20.4 Å². The molecule has 3 aromatic rings. The lowest BCUT2D eigenvalue weighted by atomic mass is 10.1. The number of nitrogens with zero attached hydrogens (tertiary/aromatic N) is 2. The molecule has 3 heterocycles. The Morgan fingerprint density at radius 1 is 1.36 bits per heavy atom. The Balaban J connectivity index is 1.23. The first-order valence-electron chi connectivity index (χ1n) is 9.82. The largest absolute Gasteiger partial charge is 0.361 e. The van der Waals surface area contributed by atoms with Gasteiger partial charge >= 0.3 is 0 Å². The molecular formula is C21H23ClN4O2. The molecule has 1 aromatic carbocycles. The van der Waals surface area contributed by atoms with E-state index < -0.39 is 0 Å². The Morgan fingerprint density at radius 2 is 2.21 bits per heavy atom. The molecule has 1 saturated carbocycles. The maximum atomic E-state index is 12.6. The van der Waals surface area contributed by atoms with Crippen LogP contribution in [0.1, 0.15) is 47.5 Å². The number of carbonyl (C=O) groups is 1. The molecular weight excluding hydrogens is 376 g/mol. The molecule has 2 N–H and O–H groups in total. The van der Waals surface area contributed by atoms with E-state index in [1.54, 1.807) is 6.07 Å². The Kier molecular flexibility index (Phi) is 4.40. The number of hydrogen-bond acceptors (Lipinski definition) is 4. The fourth-order valence-electron chi connectivity index (χ4n) is 4.11. The summed E-state index contributed by atoms with van der Waals surface area (Å²) in [4.78, 5) is 18.2. The van der Waals surface area contributed by atoms with Crippen molar-refractivity contribution in [2.24, 2.45) is 5.92 Å². The van der Waals surface area contributed by atoms with Crippen LogP contribution in [0, 0.1) is 5.92 Å². The van der Waals surface area contributed by atoms with Gasteiger partial charge in [-0.1, -0.05) is 29.7 Å². The Bertz CT molecular complexity index is 1020. The number of amides is 1. The van der Waals surface area contributed by atoms with E-state index in [1.165, 1.54) is 10.9 Å². The summed E-state index contributed by atoms with van der Waals surface area (Å²) in [5.74, 6) is 1.53. The lowest BCUT2D eigenvalue weighted by Gasteiger charge is -2.16. The maximum Gasteiger partial charge on any atom is 0.273 e. The van der Waals surface area contributed by atoms with Gasteiger partial charge in [0.15, 0.2) is 5.69 Å². The first-order valence-corrected chi connectivity index (χ1v) is 10.2. The second-order valence-corrected chi connectivity index (χ2v) is 8.58. The number of rotatable bonds is 5. The second kappa shape index (κ2) is 6.94. The number of aromatic nitrogens is 2. The van der Waals surface area contributed by atoms with Gasteiger partial charge in [-0.25, -0.2) is 0 Å². The number of nitrogens with one attached hydrogen (secondary N) is 2. The highest BCUT2D eigenvalue weighted by Gasteiger charge is 2.33. The fourth-order valence-corrected chi connectivity index (χ4v) is 4.29. The summed E-state index contributed by atoms with van der Waals surface area (Å²) in [5.41, 5.74) is 2.69. The van der Waals surface area contributed by atoms with E-state index in [-0.39, 0.29) is 11.9 Å². The van der Waals surface area contributed by atoms with E-state index in [9.17, 15) is 4.79 Å². The lowest BCUT2D eigenvalue weighted by molar-refractivity contribution is 0.0922. The standard InChI is InChI=1S/C21H23ClN4O2/c1-12-9-26(10-14-8-23-17-6-15(22)4-5-16(14)17)11-19(12)24-21(27)18-7-20(28-25-18)13-2-3-13/h4-8,12-13,19,23H,2-3,9-11H2,1H3,(H,24,27). The van der Waals surface area contributed by atoms with Crippen LogP contribution in [0.3, 0.4) is 0 Å². The first-order chi connectivity index (χ1) is 13.6. The Hall–Kier alpha value is -2.31. The van der Waals surface area contributed by atoms with Gasteiger partial charge in [-0.05, 0) is 36.5 Å². The normalized spacial score (nSPS) is 22.8. The molecule has 1 amide bonds. The summed E-state index contributed by atoms with van der Waals surface area (Å²) >= 11 is 6.08. The van der Waals surface area contributed by atoms with Gasteiger partial charge in [-0.2, -0.15) is 0 Å². The highest BCUT2D eigenvalue weighted by molar-refractivity contribution is 6.31. The third-order valence-electron chi connectivity index (χ3n) is 5.87. The van der Waals surface area contributed by atoms with Gasteiger partial charge in [0, 0.05) is 59.8 Å². The number of hydrogen-bond donors (Lipinski definition) is 2. The van der Waals surface area contributed by atoms with Crippen LogP contribution in [-0.4, -0.2) is 40.1 Å². The van der Waals surface area contributed by atoms with Crippen molar-refractivity contribution in [1.29, 1.82) is 0 Å². The smallest absolute Gasteiger partial charge is 0.273 e. The van der Waals surface area contributed by atoms with Gasteiger partial charge in [0.2, 0.25) is 0 Å². The molecule has 1 saturated heterocycles. The summed E-state index contributed by atoms with van der Waals surface area (Å²) in [5, 5.41) is 9.02. The van der Waals surface area contributed by atoms with Crippen LogP contribution >= 0.6 is 11.6 Å². The number of H-pyrrole nitrogens is 1. The second-order valence-electron chi connectivity index (χ2n) is 8.14. The quantitative estimate of drug-likeness (QED) is 0.682. The van der Waals surface area contributed by atoms with Gasteiger partial charge in [-0.15, -0.1) is 0 Å². The third kappa shape index (κ3) is 3.42. The molecule has 2 unspecified atom stereocenters. The highest BCUT2D eigenvalue weighted by Crippen LogP contribution is 2.40. The van der Waals surface area contributed by atoms with Crippen molar-refractivity contribution in [3.05, 3.63) is 52.5 Å². The Morgan fingerprint density at radius 3 is 3.04 bits per heavy atom. The highest BCUT2D eigenvalue weighted by atomic mass is 35.5. The van der Waals surface area contributed by atoms with E-state index in [4.69, 9.17) is 16.1 Å². The minimum absolute atomic E-state index is 0.105. The van der Waals surface area contributed by atoms with Gasteiger partial charge in [-0.3, -0.25) is 9.69 Å². The molecule has 2 aromatic heterocycles. The zero-order valence-electron chi connectivity index (χ0n) is 15.7. The molecule has 6 nitrogen and oxygen atoms in total. The molecule has 28 heavy (non-hydrogen) atoms. The topological polar surface area (TPSA) is 74.2 Å². The van der Waals surface area contributed by atoms with Crippen molar-refractivity contribution in [3.8, 4) is 0 Å². The molecule has 1 aliphatic carbocycles. The summed E-state index contributed by atoms with van der Waals surface area (Å²) in [6.45, 7) is 4.78. The van der Waals surface area contributed by atoms with E-state index >= 15 is 0 Å². The van der Waals surface area contributed by atoms with Crippen molar-refractivity contribution >= 4 is 28.4 Å². The molecule has 0 radical (unpaired) electrons. The number of benzene rings is 1. The Labute approximate surface area is 168 Å². The fraction of sp³-hybridized carbons (Fsp3) is 0.429. The molecule has 0 spiro atoms. The predicted octanol–water partition coefficient (Wildman–Crippen LogP) is 3.94. The summed E-state index contributed by atoms with van der Waals surface area (Å²) in [6, 6.07) is 7.83. The minimum atomic E-state index is -0.143. The monoisotopic (exact) mass is 398 g/mol. The van der Waals surface area contributed by atoms with E-state index in [1.807, 2.05) is 18.3 Å². The summed E-state index contributed by atoms with van der Waals surface area (Å²) in [7, 11) is 0. The van der Waals surface area contributed by atoms with E-state index in [0.717, 1.165) is 48.8 Å². The zero-order chi connectivity index (χ0) is 19.3. The van der Waals surface area contributed by atoms with Gasteiger partial charge in [0.05, 0.1) is 0 Å². The van der Waals surface area contributed by atoms with Gasteiger partial charge in [0.1, 0.15) is 5.76 Å². The summed E-state index contributed by atoms with van der Waals surface area (Å²) in [6.07, 6.45) is 4.31. The number of likely N-dealkylation sites (tertiary alicyclic amines) is 1. The van der Waals surface area contributed by atoms with Crippen molar-refractivity contribution < 1.29 is 9.32 Å². The van der Waals surface area contributed by atoms with E-state index in [2.05, 4.69) is 33.3 Å². The van der Waals surface area contributed by atoms with Crippen LogP contribution in [-0.2, 0) is 6.54 Å². The van der Waals surface area contributed by atoms with Crippen molar-refractivity contribution in [2.75, 3.05) is 13.1 Å². The molecule has 2 atom stereocenters. The van der Waals surface area contributed by atoms with Gasteiger partial charge < -0.3 is 14.8 Å². The van der Waals surface area contributed by atoms with Crippen LogP contribution in [0.15, 0.2) is 35.0 Å². The predicted molar refractivity (Wildman–Crippen MR) is 107 cm³/mol. The molecule has 0 bridgehead atoms. The molecule has 2 aliphatic rings. The molecule has 146 valence electrons. The van der Waals surface area contributed by atoms with Crippen LogP contribution < -0.4 is 5.32 Å². The van der Waals surface area contributed by atoms with Crippen LogP contribution in [0.4, 0.5) is 0 Å². The SMILES string of the molecule is CC1CN(Cc2c[nH]c3cc(Cl)ccc23)CC1NC(=O)c1cc(C2CC2)on1. The molecule has 1 aliphatic heterocycles. The average molecular weight is 399 g/mol. The molecule has 7 heteroatoms. The summed E-state index contributed by atoms with van der Waals surface area (Å²) < 4.78 is 5.31. The van der Waals surface area contributed by atoms with E-state index in [0.29, 0.717) is 17.5 Å². The van der Waals surface area contributed by atoms with Crippen molar-refractivity contribution in [3.63, 3.8) is 0 Å². The maximum absolute atomic E-state index is 12.6. The number of fused-ring (bicyclic) bond motifs is 1. The first kappa shape index (κ1) is 17.8. The molecule has 2 fully saturated rings. The van der Waals surface area contributed by atoms with Crippen LogP contribution in [0.5, 0.6) is 0 Å². The van der Waals surface area contributed by atoms with Crippen LogP contribution in [0.25, 0.3) is 10.9 Å². The zero-order valence-corrected chi connectivity index (χ0v) is 16.5. The number of carbonyl (C=O) groups excluding carboxylic acids is 1.